The Morgan fingerprint density at radius 3 is 2.80 bits per heavy atom. The number of hydrogen-bond acceptors (Lipinski definition) is 7. The van der Waals surface area contributed by atoms with Crippen molar-refractivity contribution in [1.29, 1.82) is 0 Å². The molecule has 0 bridgehead atoms. The summed E-state index contributed by atoms with van der Waals surface area (Å²) < 4.78 is 0. The summed E-state index contributed by atoms with van der Waals surface area (Å²) in [6.45, 7) is 2.40. The van der Waals surface area contributed by atoms with Crippen molar-refractivity contribution < 1.29 is 0 Å². The summed E-state index contributed by atoms with van der Waals surface area (Å²) in [5, 5.41) is 3.47. The molecule has 2 saturated heterocycles. The van der Waals surface area contributed by atoms with E-state index in [0.717, 1.165) is 6.42 Å². The average Bonchev–Trinajstić information content (AvgIpc) is 2.82. The molecule has 0 aliphatic carbocycles. The standard InChI is InChI=1S/C13H23N7/c1-19(2)13-17-11(14)16-12(18-13)15-9-6-8-20-7-4-3-5-10(9)20/h9-10H,3-8H2,1-2H3,(H3,14,15,16,17,18). The molecule has 2 atom stereocenters. The van der Waals surface area contributed by atoms with Gasteiger partial charge in [0.1, 0.15) is 0 Å². The zero-order valence-electron chi connectivity index (χ0n) is 12.2. The molecule has 3 N–H and O–H groups in total. The Bertz CT molecular complexity index is 476. The summed E-state index contributed by atoms with van der Waals surface area (Å²) in [5.41, 5.74) is 5.76. The van der Waals surface area contributed by atoms with Crippen molar-refractivity contribution in [1.82, 2.24) is 19.9 Å². The Morgan fingerprint density at radius 2 is 2.00 bits per heavy atom. The number of piperidine rings is 1. The van der Waals surface area contributed by atoms with Crippen molar-refractivity contribution in [3.8, 4) is 0 Å². The number of fused-ring (bicyclic) bond motifs is 1. The molecule has 1 aromatic heterocycles. The van der Waals surface area contributed by atoms with E-state index in [4.69, 9.17) is 5.73 Å². The molecule has 0 amide bonds. The van der Waals surface area contributed by atoms with E-state index in [2.05, 4.69) is 25.2 Å². The molecular formula is C13H23N7. The molecule has 0 aromatic carbocycles. The van der Waals surface area contributed by atoms with Gasteiger partial charge in [-0.2, -0.15) is 15.0 Å². The molecular weight excluding hydrogens is 254 g/mol. The minimum absolute atomic E-state index is 0.268. The van der Waals surface area contributed by atoms with Crippen molar-refractivity contribution in [3.63, 3.8) is 0 Å². The van der Waals surface area contributed by atoms with Crippen LogP contribution in [0.4, 0.5) is 17.8 Å². The van der Waals surface area contributed by atoms with E-state index in [9.17, 15) is 0 Å². The maximum atomic E-state index is 5.76. The van der Waals surface area contributed by atoms with Gasteiger partial charge in [-0.25, -0.2) is 0 Å². The SMILES string of the molecule is CN(C)c1nc(N)nc(NC2CCN3CCCCC23)n1. The number of nitrogens with two attached hydrogens (primary N) is 1. The fourth-order valence-electron chi connectivity index (χ4n) is 3.23. The summed E-state index contributed by atoms with van der Waals surface area (Å²) in [6, 6.07) is 1.04. The lowest BCUT2D eigenvalue weighted by molar-refractivity contribution is 0.192. The minimum Gasteiger partial charge on any atom is -0.368 e. The molecule has 20 heavy (non-hydrogen) atoms. The van der Waals surface area contributed by atoms with Gasteiger partial charge >= 0.3 is 0 Å². The predicted octanol–water partition coefficient (Wildman–Crippen LogP) is 0.559. The Morgan fingerprint density at radius 1 is 1.15 bits per heavy atom. The molecule has 7 nitrogen and oxygen atoms in total. The van der Waals surface area contributed by atoms with Gasteiger partial charge in [0.15, 0.2) is 0 Å². The Kier molecular flexibility index (Phi) is 3.60. The third kappa shape index (κ3) is 2.63. The summed E-state index contributed by atoms with van der Waals surface area (Å²) in [4.78, 5) is 17.2. The van der Waals surface area contributed by atoms with Gasteiger partial charge in [0.25, 0.3) is 0 Å². The second kappa shape index (κ2) is 5.40. The lowest BCUT2D eigenvalue weighted by Gasteiger charge is -2.32. The summed E-state index contributed by atoms with van der Waals surface area (Å²) in [5.74, 6) is 1.46. The van der Waals surface area contributed by atoms with Crippen LogP contribution in [0.3, 0.4) is 0 Å². The fraction of sp³-hybridized carbons (Fsp3) is 0.769. The van der Waals surface area contributed by atoms with E-state index >= 15 is 0 Å². The van der Waals surface area contributed by atoms with Gasteiger partial charge in [-0.15, -0.1) is 0 Å². The predicted molar refractivity (Wildman–Crippen MR) is 79.8 cm³/mol. The Balaban J connectivity index is 1.74. The monoisotopic (exact) mass is 277 g/mol. The molecule has 3 rings (SSSR count). The van der Waals surface area contributed by atoms with Crippen molar-refractivity contribution >= 4 is 17.8 Å². The number of rotatable bonds is 3. The number of nitrogen functional groups attached to an aromatic ring is 1. The number of anilines is 3. The maximum absolute atomic E-state index is 5.76. The highest BCUT2D eigenvalue weighted by Gasteiger charge is 2.35. The zero-order valence-corrected chi connectivity index (χ0v) is 12.2. The van der Waals surface area contributed by atoms with Crippen LogP contribution in [0.1, 0.15) is 25.7 Å². The van der Waals surface area contributed by atoms with Crippen molar-refractivity contribution in [2.45, 2.75) is 37.8 Å². The van der Waals surface area contributed by atoms with Gasteiger partial charge in [-0.3, -0.25) is 4.90 Å². The first-order valence-corrected chi connectivity index (χ1v) is 7.33. The number of nitrogens with zero attached hydrogens (tertiary/aromatic N) is 5. The molecule has 2 aliphatic rings. The Labute approximate surface area is 119 Å². The molecule has 0 spiro atoms. The molecule has 7 heteroatoms. The molecule has 0 saturated carbocycles. The smallest absolute Gasteiger partial charge is 0.231 e. The first kappa shape index (κ1) is 13.4. The lowest BCUT2D eigenvalue weighted by atomic mass is 9.99. The van der Waals surface area contributed by atoms with Crippen LogP contribution in [-0.4, -0.2) is 59.1 Å². The molecule has 2 unspecified atom stereocenters. The second-order valence-electron chi connectivity index (χ2n) is 5.85. The number of hydrogen-bond donors (Lipinski definition) is 2. The van der Waals surface area contributed by atoms with Gasteiger partial charge in [-0.05, 0) is 25.8 Å². The van der Waals surface area contributed by atoms with E-state index in [1.165, 1.54) is 32.4 Å². The van der Waals surface area contributed by atoms with Crippen LogP contribution in [0, 0.1) is 0 Å². The molecule has 1 aromatic rings. The summed E-state index contributed by atoms with van der Waals surface area (Å²) in [6.07, 6.45) is 5.06. The van der Waals surface area contributed by atoms with Gasteiger partial charge in [0.05, 0.1) is 0 Å². The van der Waals surface area contributed by atoms with Gasteiger partial charge in [0.2, 0.25) is 17.8 Å². The van der Waals surface area contributed by atoms with E-state index in [1.54, 1.807) is 0 Å². The van der Waals surface area contributed by atoms with Crippen LogP contribution < -0.4 is 16.0 Å². The van der Waals surface area contributed by atoms with Crippen LogP contribution >= 0.6 is 0 Å². The third-order valence-electron chi connectivity index (χ3n) is 4.21. The second-order valence-corrected chi connectivity index (χ2v) is 5.85. The van der Waals surface area contributed by atoms with Crippen molar-refractivity contribution in [2.24, 2.45) is 0 Å². The molecule has 110 valence electrons. The zero-order chi connectivity index (χ0) is 14.1. The molecule has 3 heterocycles. The minimum atomic E-state index is 0.268. The molecule has 2 fully saturated rings. The quantitative estimate of drug-likeness (QED) is 0.835. The fourth-order valence-corrected chi connectivity index (χ4v) is 3.23. The third-order valence-corrected chi connectivity index (χ3v) is 4.21. The Hall–Kier alpha value is -1.63. The summed E-state index contributed by atoms with van der Waals surface area (Å²) in [7, 11) is 3.80. The van der Waals surface area contributed by atoms with Crippen LogP contribution in [0.15, 0.2) is 0 Å². The van der Waals surface area contributed by atoms with E-state index < -0.39 is 0 Å². The van der Waals surface area contributed by atoms with Crippen LogP contribution in [0.25, 0.3) is 0 Å². The normalized spacial score (nSPS) is 26.3. The van der Waals surface area contributed by atoms with E-state index in [1.807, 2.05) is 19.0 Å². The van der Waals surface area contributed by atoms with Crippen LogP contribution in [0.2, 0.25) is 0 Å². The van der Waals surface area contributed by atoms with Crippen LogP contribution in [0.5, 0.6) is 0 Å². The highest BCUT2D eigenvalue weighted by atomic mass is 15.3. The van der Waals surface area contributed by atoms with Gasteiger partial charge < -0.3 is 16.0 Å². The van der Waals surface area contributed by atoms with Crippen LogP contribution in [-0.2, 0) is 0 Å². The topological polar surface area (TPSA) is 83.2 Å². The number of nitrogens with one attached hydrogen (secondary N) is 1. The highest BCUT2D eigenvalue weighted by Crippen LogP contribution is 2.28. The van der Waals surface area contributed by atoms with Crippen molar-refractivity contribution in [2.75, 3.05) is 43.1 Å². The number of aromatic nitrogens is 3. The largest absolute Gasteiger partial charge is 0.368 e. The molecule has 2 aliphatic heterocycles. The first-order chi connectivity index (χ1) is 9.63. The average molecular weight is 277 g/mol. The maximum Gasteiger partial charge on any atom is 0.231 e. The highest BCUT2D eigenvalue weighted by molar-refractivity contribution is 5.41. The first-order valence-electron chi connectivity index (χ1n) is 7.33. The summed E-state index contributed by atoms with van der Waals surface area (Å²) >= 11 is 0. The van der Waals surface area contributed by atoms with E-state index in [0.29, 0.717) is 24.0 Å². The van der Waals surface area contributed by atoms with Gasteiger partial charge in [0, 0.05) is 32.7 Å². The van der Waals surface area contributed by atoms with E-state index in [-0.39, 0.29) is 5.95 Å². The van der Waals surface area contributed by atoms with Gasteiger partial charge in [-0.1, -0.05) is 6.42 Å². The van der Waals surface area contributed by atoms with Crippen molar-refractivity contribution in [3.05, 3.63) is 0 Å². The lowest BCUT2D eigenvalue weighted by Crippen LogP contribution is -2.42. The molecule has 0 radical (unpaired) electrons.